The Morgan fingerprint density at radius 2 is 2.16 bits per heavy atom. The van der Waals surface area contributed by atoms with Crippen molar-refractivity contribution in [2.75, 3.05) is 10.6 Å². The second-order valence-electron chi connectivity index (χ2n) is 4.60. The molecule has 2 N–H and O–H groups in total. The molecule has 3 rings (SSSR count). The zero-order valence-corrected chi connectivity index (χ0v) is 11.7. The molecule has 2 aromatic rings. The molecule has 6 heteroatoms. The Balaban J connectivity index is 1.94. The van der Waals surface area contributed by atoms with Crippen molar-refractivity contribution < 1.29 is 4.42 Å². The van der Waals surface area contributed by atoms with Crippen molar-refractivity contribution in [3.05, 3.63) is 40.3 Å². The largest absolute Gasteiger partial charge is 0.467 e. The lowest BCUT2D eigenvalue weighted by molar-refractivity contribution is 0.500. The van der Waals surface area contributed by atoms with E-state index in [1.54, 1.807) is 12.3 Å². The van der Waals surface area contributed by atoms with E-state index in [1.165, 1.54) is 0 Å². The number of hydrogen-bond donors (Lipinski definition) is 1. The van der Waals surface area contributed by atoms with E-state index in [1.807, 2.05) is 12.1 Å². The van der Waals surface area contributed by atoms with Crippen LogP contribution >= 0.6 is 23.2 Å². The van der Waals surface area contributed by atoms with E-state index in [0.29, 0.717) is 34.3 Å². The van der Waals surface area contributed by atoms with E-state index in [0.717, 1.165) is 18.6 Å². The number of aromatic nitrogens is 1. The van der Waals surface area contributed by atoms with Gasteiger partial charge in [0, 0.05) is 6.04 Å². The quantitative estimate of drug-likeness (QED) is 0.934. The lowest BCUT2D eigenvalue weighted by Gasteiger charge is -2.23. The second-order valence-corrected chi connectivity index (χ2v) is 5.41. The van der Waals surface area contributed by atoms with Crippen molar-refractivity contribution in [3.63, 3.8) is 0 Å². The maximum absolute atomic E-state index is 6.23. The number of nitrogens with zero attached hydrogens (tertiary/aromatic N) is 2. The normalized spacial score (nSPS) is 14.6. The van der Waals surface area contributed by atoms with Crippen molar-refractivity contribution >= 4 is 34.8 Å². The Hall–Kier alpha value is -1.39. The summed E-state index contributed by atoms with van der Waals surface area (Å²) in [5.74, 6) is 1.84. The maximum Gasteiger partial charge on any atom is 0.150 e. The number of hydrogen-bond acceptors (Lipinski definition) is 4. The van der Waals surface area contributed by atoms with E-state index < -0.39 is 0 Å². The van der Waals surface area contributed by atoms with Gasteiger partial charge in [0.25, 0.3) is 0 Å². The molecule has 4 nitrogen and oxygen atoms in total. The number of pyridine rings is 1. The molecule has 0 unspecified atom stereocenters. The van der Waals surface area contributed by atoms with Gasteiger partial charge in [-0.2, -0.15) is 0 Å². The summed E-state index contributed by atoms with van der Waals surface area (Å²) in [7, 11) is 0. The number of nitrogen functional groups attached to an aromatic ring is 1. The fourth-order valence-electron chi connectivity index (χ4n) is 2.01. The zero-order valence-electron chi connectivity index (χ0n) is 10.1. The van der Waals surface area contributed by atoms with Crippen LogP contribution < -0.4 is 10.6 Å². The molecule has 0 saturated heterocycles. The predicted molar refractivity (Wildman–Crippen MR) is 76.6 cm³/mol. The first-order valence-electron chi connectivity index (χ1n) is 6.05. The summed E-state index contributed by atoms with van der Waals surface area (Å²) < 4.78 is 5.39. The van der Waals surface area contributed by atoms with Gasteiger partial charge in [0.1, 0.15) is 11.6 Å². The molecule has 0 amide bonds. The van der Waals surface area contributed by atoms with Gasteiger partial charge in [0.2, 0.25) is 0 Å². The van der Waals surface area contributed by atoms with E-state index in [-0.39, 0.29) is 0 Å². The summed E-state index contributed by atoms with van der Waals surface area (Å²) in [6.45, 7) is 0.630. The van der Waals surface area contributed by atoms with Crippen LogP contribution in [0.5, 0.6) is 0 Å². The average Bonchev–Trinajstić information content (AvgIpc) is 3.09. The highest BCUT2D eigenvalue weighted by atomic mass is 35.5. The topological polar surface area (TPSA) is 55.3 Å². The van der Waals surface area contributed by atoms with Gasteiger partial charge < -0.3 is 15.1 Å². The van der Waals surface area contributed by atoms with E-state index in [9.17, 15) is 0 Å². The highest BCUT2D eigenvalue weighted by molar-refractivity contribution is 6.37. The van der Waals surface area contributed by atoms with Gasteiger partial charge in [-0.3, -0.25) is 0 Å². The monoisotopic (exact) mass is 297 g/mol. The van der Waals surface area contributed by atoms with E-state index >= 15 is 0 Å². The zero-order chi connectivity index (χ0) is 13.4. The van der Waals surface area contributed by atoms with Crippen LogP contribution in [-0.2, 0) is 6.54 Å². The molecule has 0 bridgehead atoms. The minimum absolute atomic E-state index is 0.297. The summed E-state index contributed by atoms with van der Waals surface area (Å²) in [5.41, 5.74) is 5.77. The molecule has 1 aliphatic rings. The standard InChI is InChI=1S/C13H13Cl2N3O/c14-10-6-11(15)13(17-12(10)16)18(8-3-4-8)7-9-2-1-5-19-9/h1-2,5-6,8H,3-4,7H2,(H2,16,17). The van der Waals surface area contributed by atoms with Crippen LogP contribution in [0.1, 0.15) is 18.6 Å². The van der Waals surface area contributed by atoms with Gasteiger partial charge in [-0.15, -0.1) is 0 Å². The Morgan fingerprint density at radius 1 is 1.37 bits per heavy atom. The number of anilines is 2. The van der Waals surface area contributed by atoms with Crippen molar-refractivity contribution in [1.82, 2.24) is 4.98 Å². The third-order valence-corrected chi connectivity index (χ3v) is 3.68. The highest BCUT2D eigenvalue weighted by Crippen LogP contribution is 2.37. The molecule has 0 atom stereocenters. The average molecular weight is 298 g/mol. The van der Waals surface area contributed by atoms with Gasteiger partial charge in [-0.05, 0) is 31.0 Å². The maximum atomic E-state index is 6.23. The Morgan fingerprint density at radius 3 is 2.79 bits per heavy atom. The van der Waals surface area contributed by atoms with E-state index in [2.05, 4.69) is 9.88 Å². The van der Waals surface area contributed by atoms with Gasteiger partial charge in [-0.1, -0.05) is 23.2 Å². The minimum atomic E-state index is 0.297. The van der Waals surface area contributed by atoms with Crippen LogP contribution in [-0.4, -0.2) is 11.0 Å². The Kier molecular flexibility index (Phi) is 3.29. The molecule has 0 radical (unpaired) electrons. The number of nitrogens with two attached hydrogens (primary N) is 1. The number of halogens is 2. The summed E-state index contributed by atoms with van der Waals surface area (Å²) >= 11 is 12.2. The summed E-state index contributed by atoms with van der Waals surface area (Å²) in [5, 5.41) is 0.889. The third-order valence-electron chi connectivity index (χ3n) is 3.10. The first kappa shape index (κ1) is 12.6. The van der Waals surface area contributed by atoms with Crippen molar-refractivity contribution in [2.24, 2.45) is 0 Å². The van der Waals surface area contributed by atoms with E-state index in [4.69, 9.17) is 33.4 Å². The molecule has 0 aliphatic heterocycles. The molecule has 19 heavy (non-hydrogen) atoms. The number of rotatable bonds is 4. The Labute approximate surface area is 121 Å². The van der Waals surface area contributed by atoms with Crippen LogP contribution in [0.15, 0.2) is 28.9 Å². The number of furan rings is 1. The van der Waals surface area contributed by atoms with Crippen molar-refractivity contribution in [1.29, 1.82) is 0 Å². The fraction of sp³-hybridized carbons (Fsp3) is 0.308. The predicted octanol–water partition coefficient (Wildman–Crippen LogP) is 3.73. The van der Waals surface area contributed by atoms with Crippen LogP contribution in [0.4, 0.5) is 11.6 Å². The van der Waals surface area contributed by atoms with Crippen molar-refractivity contribution in [3.8, 4) is 0 Å². The molecule has 2 heterocycles. The molecule has 100 valence electrons. The first-order valence-corrected chi connectivity index (χ1v) is 6.81. The van der Waals surface area contributed by atoms with Crippen molar-refractivity contribution in [2.45, 2.75) is 25.4 Å². The Bertz CT molecular complexity index is 582. The van der Waals surface area contributed by atoms with Crippen LogP contribution in [0.2, 0.25) is 10.0 Å². The molecular weight excluding hydrogens is 285 g/mol. The molecule has 0 spiro atoms. The lowest BCUT2D eigenvalue weighted by Crippen LogP contribution is -2.26. The van der Waals surface area contributed by atoms with Gasteiger partial charge in [-0.25, -0.2) is 4.98 Å². The van der Waals surface area contributed by atoms with Crippen LogP contribution in [0, 0.1) is 0 Å². The third kappa shape index (κ3) is 2.65. The lowest BCUT2D eigenvalue weighted by atomic mass is 10.3. The first-order chi connectivity index (χ1) is 9.15. The second kappa shape index (κ2) is 4.94. The highest BCUT2D eigenvalue weighted by Gasteiger charge is 2.32. The summed E-state index contributed by atoms with van der Waals surface area (Å²) in [6, 6.07) is 5.88. The molecule has 1 fully saturated rings. The molecule has 1 aliphatic carbocycles. The molecule has 1 saturated carbocycles. The molecule has 0 aromatic carbocycles. The van der Waals surface area contributed by atoms with Gasteiger partial charge in [0.15, 0.2) is 5.82 Å². The minimum Gasteiger partial charge on any atom is -0.467 e. The van der Waals surface area contributed by atoms with Crippen LogP contribution in [0.3, 0.4) is 0 Å². The summed E-state index contributed by atoms with van der Waals surface area (Å²) in [6.07, 6.45) is 3.91. The summed E-state index contributed by atoms with van der Waals surface area (Å²) in [4.78, 5) is 6.43. The van der Waals surface area contributed by atoms with Gasteiger partial charge in [0.05, 0.1) is 22.9 Å². The van der Waals surface area contributed by atoms with Gasteiger partial charge >= 0.3 is 0 Å². The smallest absolute Gasteiger partial charge is 0.150 e. The SMILES string of the molecule is Nc1nc(N(Cc2ccco2)C2CC2)c(Cl)cc1Cl. The van der Waals surface area contributed by atoms with Crippen LogP contribution in [0.25, 0.3) is 0 Å². The molecular formula is C13H13Cl2N3O. The fourth-order valence-corrected chi connectivity index (χ4v) is 2.47. The molecule has 2 aromatic heterocycles.